The van der Waals surface area contributed by atoms with E-state index in [2.05, 4.69) is 46.1 Å². The van der Waals surface area contributed by atoms with Gasteiger partial charge in [-0.2, -0.15) is 10.5 Å². The van der Waals surface area contributed by atoms with E-state index in [9.17, 15) is 15.6 Å². The SMILES string of the molecule is CCOC1(O)NC(C#N)=C(C#N)N=C(C)/C1=C/c1ccc2c(c1)c1ccccc1n2CC. The molecule has 0 radical (unpaired) electrons. The van der Waals surface area contributed by atoms with Crippen LogP contribution in [-0.2, 0) is 11.3 Å². The second kappa shape index (κ2) is 8.32. The first-order valence-corrected chi connectivity index (χ1v) is 10.4. The molecule has 1 aliphatic heterocycles. The smallest absolute Gasteiger partial charge is 0.277 e. The van der Waals surface area contributed by atoms with Crippen molar-refractivity contribution >= 4 is 33.6 Å². The van der Waals surface area contributed by atoms with E-state index in [-0.39, 0.29) is 18.0 Å². The molecule has 160 valence electrons. The number of benzene rings is 2. The third-order valence-corrected chi connectivity index (χ3v) is 5.56. The summed E-state index contributed by atoms with van der Waals surface area (Å²) in [5.41, 5.74) is 3.58. The molecule has 1 unspecified atom stereocenters. The number of nitrogens with zero attached hydrogens (tertiary/aromatic N) is 4. The number of aromatic nitrogens is 1. The van der Waals surface area contributed by atoms with Crippen molar-refractivity contribution in [1.82, 2.24) is 9.88 Å². The van der Waals surface area contributed by atoms with Gasteiger partial charge in [0.1, 0.15) is 12.1 Å². The highest BCUT2D eigenvalue weighted by Crippen LogP contribution is 2.32. The maximum absolute atomic E-state index is 11.3. The normalized spacial score (nSPS) is 20.1. The molecule has 0 saturated carbocycles. The summed E-state index contributed by atoms with van der Waals surface area (Å²) in [5.74, 6) is -2.00. The number of hydrogen-bond acceptors (Lipinski definition) is 6. The quantitative estimate of drug-likeness (QED) is 0.609. The lowest BCUT2D eigenvalue weighted by atomic mass is 10.0. The first-order chi connectivity index (χ1) is 15.5. The molecule has 1 atom stereocenters. The highest BCUT2D eigenvalue weighted by atomic mass is 16.6. The van der Waals surface area contributed by atoms with E-state index in [4.69, 9.17) is 4.74 Å². The van der Waals surface area contributed by atoms with Gasteiger partial charge in [-0.3, -0.25) is 0 Å². The highest BCUT2D eigenvalue weighted by Gasteiger charge is 2.38. The van der Waals surface area contributed by atoms with E-state index >= 15 is 0 Å². The summed E-state index contributed by atoms with van der Waals surface area (Å²) >= 11 is 0. The summed E-state index contributed by atoms with van der Waals surface area (Å²) in [6.45, 7) is 6.56. The first kappa shape index (κ1) is 21.3. The Morgan fingerprint density at radius 1 is 1.12 bits per heavy atom. The van der Waals surface area contributed by atoms with Crippen LogP contribution in [0.5, 0.6) is 0 Å². The molecule has 0 amide bonds. The predicted octanol–water partition coefficient (Wildman–Crippen LogP) is 4.20. The molecule has 7 heteroatoms. The molecule has 32 heavy (non-hydrogen) atoms. The molecule has 1 aliphatic rings. The zero-order chi connectivity index (χ0) is 22.9. The Labute approximate surface area is 186 Å². The van der Waals surface area contributed by atoms with Crippen molar-refractivity contribution in [3.05, 3.63) is 65.0 Å². The largest absolute Gasteiger partial charge is 0.345 e. The Hall–Kier alpha value is -3.91. The third-order valence-electron chi connectivity index (χ3n) is 5.56. The van der Waals surface area contributed by atoms with Gasteiger partial charge >= 0.3 is 0 Å². The maximum atomic E-state index is 11.3. The minimum atomic E-state index is -2.00. The molecule has 0 aliphatic carbocycles. The van der Waals surface area contributed by atoms with Crippen molar-refractivity contribution in [2.24, 2.45) is 4.99 Å². The average Bonchev–Trinajstić information content (AvgIpc) is 3.07. The van der Waals surface area contributed by atoms with Gasteiger partial charge in [-0.1, -0.05) is 24.3 Å². The van der Waals surface area contributed by atoms with Gasteiger partial charge in [0.15, 0.2) is 11.4 Å². The van der Waals surface area contributed by atoms with Crippen molar-refractivity contribution in [2.75, 3.05) is 6.61 Å². The van der Waals surface area contributed by atoms with Crippen molar-refractivity contribution in [3.63, 3.8) is 0 Å². The molecule has 0 spiro atoms. The van der Waals surface area contributed by atoms with Gasteiger partial charge in [0, 0.05) is 40.7 Å². The van der Waals surface area contributed by atoms with Gasteiger partial charge < -0.3 is 19.7 Å². The topological polar surface area (TPSA) is 106 Å². The Morgan fingerprint density at radius 3 is 2.56 bits per heavy atom. The summed E-state index contributed by atoms with van der Waals surface area (Å²) in [6.07, 6.45) is 1.77. The number of para-hydroxylation sites is 1. The van der Waals surface area contributed by atoms with Gasteiger partial charge in [0.25, 0.3) is 5.91 Å². The fraction of sp³-hybridized carbons (Fsp3) is 0.240. The summed E-state index contributed by atoms with van der Waals surface area (Å²) in [6, 6.07) is 18.1. The van der Waals surface area contributed by atoms with Gasteiger partial charge in [0.2, 0.25) is 0 Å². The van der Waals surface area contributed by atoms with Gasteiger partial charge in [-0.25, -0.2) is 4.99 Å². The fourth-order valence-electron chi connectivity index (χ4n) is 4.18. The molecule has 1 aromatic heterocycles. The fourth-order valence-corrected chi connectivity index (χ4v) is 4.18. The van der Waals surface area contributed by atoms with Crippen LogP contribution in [0.4, 0.5) is 0 Å². The van der Waals surface area contributed by atoms with Crippen LogP contribution in [0.15, 0.2) is 64.4 Å². The van der Waals surface area contributed by atoms with Crippen LogP contribution in [0.2, 0.25) is 0 Å². The lowest BCUT2D eigenvalue weighted by molar-refractivity contribution is -0.182. The van der Waals surface area contributed by atoms with Crippen LogP contribution >= 0.6 is 0 Å². The van der Waals surface area contributed by atoms with Crippen molar-refractivity contribution in [2.45, 2.75) is 33.2 Å². The summed E-state index contributed by atoms with van der Waals surface area (Å²) in [5, 5.41) is 35.1. The van der Waals surface area contributed by atoms with E-state index in [1.165, 1.54) is 0 Å². The van der Waals surface area contributed by atoms with Gasteiger partial charge in [-0.05, 0) is 50.6 Å². The molecule has 0 saturated heterocycles. The number of ether oxygens (including phenoxy) is 1. The van der Waals surface area contributed by atoms with Crippen molar-refractivity contribution in [1.29, 1.82) is 10.5 Å². The van der Waals surface area contributed by atoms with Crippen LogP contribution < -0.4 is 5.32 Å². The molecular weight excluding hydrogens is 402 g/mol. The second-order valence-electron chi connectivity index (χ2n) is 7.44. The number of aliphatic hydroxyl groups is 1. The number of rotatable bonds is 4. The Morgan fingerprint density at radius 2 is 1.88 bits per heavy atom. The highest BCUT2D eigenvalue weighted by molar-refractivity contribution is 6.09. The van der Waals surface area contributed by atoms with E-state index < -0.39 is 5.91 Å². The molecule has 3 aromatic rings. The molecule has 0 fully saturated rings. The summed E-state index contributed by atoms with van der Waals surface area (Å²) in [4.78, 5) is 4.27. The molecule has 2 N–H and O–H groups in total. The molecule has 2 heterocycles. The van der Waals surface area contributed by atoms with E-state index in [1.807, 2.05) is 30.3 Å². The maximum Gasteiger partial charge on any atom is 0.277 e. The van der Waals surface area contributed by atoms with Crippen LogP contribution in [0, 0.1) is 22.7 Å². The molecule has 4 rings (SSSR count). The number of nitriles is 2. The summed E-state index contributed by atoms with van der Waals surface area (Å²) < 4.78 is 7.87. The number of hydrogen-bond donors (Lipinski definition) is 2. The average molecular weight is 425 g/mol. The molecule has 7 nitrogen and oxygen atoms in total. The molecule has 2 aromatic carbocycles. The minimum Gasteiger partial charge on any atom is -0.345 e. The number of nitrogens with one attached hydrogen (secondary N) is 1. The first-order valence-electron chi connectivity index (χ1n) is 10.4. The van der Waals surface area contributed by atoms with Crippen molar-refractivity contribution in [3.8, 4) is 12.1 Å². The lowest BCUT2D eigenvalue weighted by Gasteiger charge is -2.30. The number of fused-ring (bicyclic) bond motifs is 3. The zero-order valence-corrected chi connectivity index (χ0v) is 18.2. The van der Waals surface area contributed by atoms with Gasteiger partial charge in [-0.15, -0.1) is 0 Å². The van der Waals surface area contributed by atoms with Crippen LogP contribution in [0.1, 0.15) is 26.3 Å². The molecular formula is C25H23N5O2. The van der Waals surface area contributed by atoms with Crippen LogP contribution in [-0.4, -0.2) is 27.9 Å². The van der Waals surface area contributed by atoms with Crippen LogP contribution in [0.25, 0.3) is 27.9 Å². The Kier molecular flexibility index (Phi) is 5.54. The van der Waals surface area contributed by atoms with E-state index in [1.54, 1.807) is 19.9 Å². The second-order valence-corrected chi connectivity index (χ2v) is 7.44. The monoisotopic (exact) mass is 425 g/mol. The Bertz CT molecular complexity index is 1400. The minimum absolute atomic E-state index is 0.104. The van der Waals surface area contributed by atoms with E-state index in [0.29, 0.717) is 11.3 Å². The third kappa shape index (κ3) is 3.44. The van der Waals surface area contributed by atoms with Crippen LogP contribution in [0.3, 0.4) is 0 Å². The van der Waals surface area contributed by atoms with Crippen molar-refractivity contribution < 1.29 is 9.84 Å². The zero-order valence-electron chi connectivity index (χ0n) is 18.2. The predicted molar refractivity (Wildman–Crippen MR) is 124 cm³/mol. The number of aliphatic imine (C=N–C) groups is 1. The summed E-state index contributed by atoms with van der Waals surface area (Å²) in [7, 11) is 0. The molecule has 0 bridgehead atoms. The number of allylic oxidation sites excluding steroid dienone is 2. The Balaban J connectivity index is 1.92. The lowest BCUT2D eigenvalue weighted by Crippen LogP contribution is -2.49. The van der Waals surface area contributed by atoms with E-state index in [0.717, 1.165) is 33.9 Å². The standard InChI is InChI=1S/C25H23N5O2/c1-4-30-23-9-7-6-8-18(23)19-12-17(10-11-24(19)30)13-20-16(3)28-21(14-26)22(15-27)29-25(20,31)32-5-2/h6-13,29,31H,4-5H2,1-3H3/b20-13-. The number of aryl methyl sites for hydroxylation is 1. The van der Waals surface area contributed by atoms with Gasteiger partial charge in [0.05, 0.1) is 5.57 Å².